The Morgan fingerprint density at radius 2 is 0.911 bits per heavy atom. The van der Waals surface area contributed by atoms with Crippen LogP contribution >= 0.6 is 0 Å². The number of nitrogens with zero attached hydrogens (tertiary/aromatic N) is 2. The molecule has 1 aliphatic carbocycles. The third-order valence-electron chi connectivity index (χ3n) is 12.8. The first-order valence-electron chi connectivity index (χ1n) is 19.7. The zero-order valence-electron chi connectivity index (χ0n) is 31.4. The van der Waals surface area contributed by atoms with E-state index in [9.17, 15) is 0 Å². The van der Waals surface area contributed by atoms with Gasteiger partial charge >= 0.3 is 0 Å². The molecule has 56 heavy (non-hydrogen) atoms. The van der Waals surface area contributed by atoms with Crippen LogP contribution in [0.15, 0.2) is 188 Å². The number of fused-ring (bicyclic) bond motifs is 11. The fourth-order valence-corrected chi connectivity index (χ4v) is 10.3. The van der Waals surface area contributed by atoms with Crippen LogP contribution in [0, 0.1) is 0 Å². The van der Waals surface area contributed by atoms with Gasteiger partial charge in [0.25, 0.3) is 6.71 Å². The molecular weight excluding hydrogens is 675 g/mol. The summed E-state index contributed by atoms with van der Waals surface area (Å²) in [6.07, 6.45) is 0. The molecule has 0 aromatic heterocycles. The van der Waals surface area contributed by atoms with Crippen molar-refractivity contribution in [3.05, 3.63) is 199 Å². The van der Waals surface area contributed by atoms with Gasteiger partial charge in [0, 0.05) is 50.3 Å². The first kappa shape index (κ1) is 31.5. The minimum Gasteiger partial charge on any atom is -0.311 e. The Kier molecular flexibility index (Phi) is 6.52. The molecule has 2 aliphatic heterocycles. The van der Waals surface area contributed by atoms with Gasteiger partial charge in [-0.25, -0.2) is 0 Å². The normalized spacial score (nSPS) is 14.3. The molecule has 0 N–H and O–H groups in total. The molecule has 2 nitrogen and oxygen atoms in total. The molecule has 0 bridgehead atoms. The molecular formula is C53H37BN2. The summed E-state index contributed by atoms with van der Waals surface area (Å²) in [5, 5.41) is 5.01. The van der Waals surface area contributed by atoms with Crippen molar-refractivity contribution in [3.63, 3.8) is 0 Å². The first-order chi connectivity index (χ1) is 27.6. The summed E-state index contributed by atoms with van der Waals surface area (Å²) in [5.74, 6) is 0. The zero-order chi connectivity index (χ0) is 37.1. The second kappa shape index (κ2) is 11.6. The molecule has 0 amide bonds. The number of benzene rings is 9. The zero-order valence-corrected chi connectivity index (χ0v) is 31.4. The van der Waals surface area contributed by atoms with Crippen LogP contribution in [-0.2, 0) is 5.41 Å². The molecule has 262 valence electrons. The van der Waals surface area contributed by atoms with E-state index in [1.165, 1.54) is 94.1 Å². The SMILES string of the molecule is CC1(C)c2ccccc2-c2cc(-c3cc4c5c(c3)N(c3ccccc3)c3c(ccc6ccccc36)B5c3ccc5ccccc5c3N4c3ccccc3)ccc21. The van der Waals surface area contributed by atoms with Gasteiger partial charge in [-0.3, -0.25) is 0 Å². The summed E-state index contributed by atoms with van der Waals surface area (Å²) < 4.78 is 0. The molecule has 0 fully saturated rings. The van der Waals surface area contributed by atoms with Crippen molar-refractivity contribution >= 4 is 78.8 Å². The van der Waals surface area contributed by atoms with Crippen LogP contribution in [-0.4, -0.2) is 6.71 Å². The van der Waals surface area contributed by atoms with Crippen molar-refractivity contribution in [2.45, 2.75) is 19.3 Å². The molecule has 2 heterocycles. The van der Waals surface area contributed by atoms with Gasteiger partial charge in [0.05, 0.1) is 0 Å². The predicted octanol–water partition coefficient (Wildman–Crippen LogP) is 12.0. The molecule has 3 heteroatoms. The van der Waals surface area contributed by atoms with Gasteiger partial charge in [-0.1, -0.05) is 159 Å². The quantitative estimate of drug-likeness (QED) is 0.168. The van der Waals surface area contributed by atoms with Gasteiger partial charge < -0.3 is 9.80 Å². The maximum atomic E-state index is 2.55. The number of hydrogen-bond donors (Lipinski definition) is 0. The van der Waals surface area contributed by atoms with Crippen LogP contribution in [0.3, 0.4) is 0 Å². The first-order valence-corrected chi connectivity index (χ1v) is 19.7. The lowest BCUT2D eigenvalue weighted by Gasteiger charge is -2.45. The summed E-state index contributed by atoms with van der Waals surface area (Å²) in [6.45, 7) is 4.75. The highest BCUT2D eigenvalue weighted by Gasteiger charge is 2.45. The van der Waals surface area contributed by atoms with Crippen molar-refractivity contribution < 1.29 is 0 Å². The Labute approximate surface area is 328 Å². The number of rotatable bonds is 3. The van der Waals surface area contributed by atoms with E-state index in [2.05, 4.69) is 212 Å². The van der Waals surface area contributed by atoms with Crippen LogP contribution in [0.5, 0.6) is 0 Å². The molecule has 9 aromatic rings. The van der Waals surface area contributed by atoms with Crippen molar-refractivity contribution in [1.29, 1.82) is 0 Å². The molecule has 0 radical (unpaired) electrons. The molecule has 3 aliphatic rings. The van der Waals surface area contributed by atoms with Crippen LogP contribution < -0.4 is 26.2 Å². The van der Waals surface area contributed by atoms with E-state index in [0.717, 1.165) is 11.4 Å². The number of hydrogen-bond acceptors (Lipinski definition) is 2. The summed E-state index contributed by atoms with van der Waals surface area (Å²) in [6, 6.07) is 70.3. The third kappa shape index (κ3) is 4.28. The second-order valence-electron chi connectivity index (χ2n) is 16.1. The molecule has 0 unspecified atom stereocenters. The van der Waals surface area contributed by atoms with E-state index in [-0.39, 0.29) is 12.1 Å². The van der Waals surface area contributed by atoms with Gasteiger partial charge in [0.15, 0.2) is 0 Å². The molecule has 9 aromatic carbocycles. The molecule has 0 saturated heterocycles. The van der Waals surface area contributed by atoms with Crippen LogP contribution in [0.1, 0.15) is 25.0 Å². The van der Waals surface area contributed by atoms with Crippen molar-refractivity contribution in [1.82, 2.24) is 0 Å². The average Bonchev–Trinajstić information content (AvgIpc) is 3.49. The Hall–Kier alpha value is -6.84. The summed E-state index contributed by atoms with van der Waals surface area (Å²) >= 11 is 0. The largest absolute Gasteiger partial charge is 0.311 e. The van der Waals surface area contributed by atoms with E-state index in [1.54, 1.807) is 0 Å². The maximum Gasteiger partial charge on any atom is 0.252 e. The van der Waals surface area contributed by atoms with E-state index < -0.39 is 0 Å². The van der Waals surface area contributed by atoms with E-state index >= 15 is 0 Å². The van der Waals surface area contributed by atoms with Gasteiger partial charge in [0.2, 0.25) is 0 Å². The van der Waals surface area contributed by atoms with E-state index in [4.69, 9.17) is 0 Å². The Morgan fingerprint density at radius 1 is 0.411 bits per heavy atom. The number of anilines is 6. The second-order valence-corrected chi connectivity index (χ2v) is 16.1. The minimum absolute atomic E-state index is 0.0286. The third-order valence-corrected chi connectivity index (χ3v) is 12.8. The van der Waals surface area contributed by atoms with Crippen LogP contribution in [0.2, 0.25) is 0 Å². The predicted molar refractivity (Wildman–Crippen MR) is 238 cm³/mol. The Bertz CT molecular complexity index is 2920. The fraction of sp³-hybridized carbons (Fsp3) is 0.0566. The maximum absolute atomic E-state index is 2.55. The summed E-state index contributed by atoms with van der Waals surface area (Å²) in [4.78, 5) is 5.11. The highest BCUT2D eigenvalue weighted by molar-refractivity contribution is 7.00. The lowest BCUT2D eigenvalue weighted by Crippen LogP contribution is -2.61. The summed E-state index contributed by atoms with van der Waals surface area (Å²) in [7, 11) is 0. The van der Waals surface area contributed by atoms with Crippen molar-refractivity contribution in [3.8, 4) is 22.3 Å². The van der Waals surface area contributed by atoms with Crippen molar-refractivity contribution in [2.24, 2.45) is 0 Å². The molecule has 0 atom stereocenters. The topological polar surface area (TPSA) is 6.48 Å². The smallest absolute Gasteiger partial charge is 0.252 e. The molecule has 0 saturated carbocycles. The lowest BCUT2D eigenvalue weighted by atomic mass is 9.33. The highest BCUT2D eigenvalue weighted by atomic mass is 15.2. The summed E-state index contributed by atoms with van der Waals surface area (Å²) in [5.41, 5.74) is 19.1. The monoisotopic (exact) mass is 712 g/mol. The van der Waals surface area contributed by atoms with Crippen LogP contribution in [0.4, 0.5) is 34.1 Å². The van der Waals surface area contributed by atoms with Gasteiger partial charge in [0.1, 0.15) is 0 Å². The van der Waals surface area contributed by atoms with Gasteiger partial charge in [-0.05, 0) is 103 Å². The Morgan fingerprint density at radius 3 is 1.50 bits per heavy atom. The van der Waals surface area contributed by atoms with Crippen molar-refractivity contribution in [2.75, 3.05) is 9.80 Å². The fourth-order valence-electron chi connectivity index (χ4n) is 10.3. The lowest BCUT2D eigenvalue weighted by molar-refractivity contribution is 0.660. The Balaban J connectivity index is 1.23. The molecule has 0 spiro atoms. The minimum atomic E-state index is -0.0523. The van der Waals surface area contributed by atoms with E-state index in [0.29, 0.717) is 0 Å². The molecule has 12 rings (SSSR count). The number of para-hydroxylation sites is 2. The van der Waals surface area contributed by atoms with Gasteiger partial charge in [-0.15, -0.1) is 0 Å². The van der Waals surface area contributed by atoms with Crippen LogP contribution in [0.25, 0.3) is 43.8 Å². The highest BCUT2D eigenvalue weighted by Crippen LogP contribution is 2.52. The standard InChI is InChI=1S/C53H37BN2/c1-53(2)44-24-14-13-23-42(44)43-31-36(25-28-45(43)53)37-32-48-50-49(33-37)56(39-19-7-4-8-20-39)52-41-22-12-10-16-35(41)27-30-47(52)54(50)46-29-26-34-15-9-11-21-40(34)51(46)55(48)38-17-5-3-6-18-38/h3-33H,1-2H3. The average molecular weight is 713 g/mol. The van der Waals surface area contributed by atoms with Gasteiger partial charge in [-0.2, -0.15) is 0 Å². The van der Waals surface area contributed by atoms with E-state index in [1.807, 2.05) is 0 Å².